The molecule has 0 radical (unpaired) electrons. The third-order valence-electron chi connectivity index (χ3n) is 1.90. The Balaban J connectivity index is 2.24. The maximum absolute atomic E-state index is 10.9. The zero-order chi connectivity index (χ0) is 7.68. The number of hydrogen-bond donors (Lipinski definition) is 1. The van der Waals surface area contributed by atoms with Crippen LogP contribution in [0.4, 0.5) is 0 Å². The van der Waals surface area contributed by atoms with Gasteiger partial charge in [0.15, 0.2) is 0 Å². The lowest BCUT2D eigenvalue weighted by atomic mass is 9.95. The summed E-state index contributed by atoms with van der Waals surface area (Å²) >= 11 is 0. The average molecular weight is 151 g/mol. The molecule has 0 fully saturated rings. The zero-order valence-corrected chi connectivity index (χ0v) is 6.04. The molecule has 0 bridgehead atoms. The third kappa shape index (κ3) is 1.19. The monoisotopic (exact) mass is 151 g/mol. The Labute approximate surface area is 64.7 Å². The molecule has 0 saturated carbocycles. The minimum atomic E-state index is -0.0544. The quantitative estimate of drug-likeness (QED) is 0.553. The first-order valence-corrected chi connectivity index (χ1v) is 3.66. The van der Waals surface area contributed by atoms with Crippen molar-refractivity contribution in [3.63, 3.8) is 0 Å². The summed E-state index contributed by atoms with van der Waals surface area (Å²) in [5, 5.41) is 0. The summed E-state index contributed by atoms with van der Waals surface area (Å²) in [6.07, 6.45) is 6.61. The van der Waals surface area contributed by atoms with Crippen molar-refractivity contribution in [3.8, 4) is 0 Å². The molecule has 2 aliphatic rings. The van der Waals surface area contributed by atoms with E-state index in [1.807, 2.05) is 12.2 Å². The molecule has 0 aromatic rings. The van der Waals surface area contributed by atoms with Gasteiger partial charge in [0.05, 0.1) is 0 Å². The second kappa shape index (κ2) is 2.51. The van der Waals surface area contributed by atoms with E-state index in [9.17, 15) is 4.79 Å². The van der Waals surface area contributed by atoms with E-state index in [0.717, 1.165) is 5.57 Å². The van der Waals surface area contributed by atoms with Crippen LogP contribution in [0.25, 0.3) is 0 Å². The van der Waals surface area contributed by atoms with Crippen molar-refractivity contribution in [1.82, 2.24) is 5.48 Å². The van der Waals surface area contributed by atoms with Crippen molar-refractivity contribution in [2.75, 3.05) is 0 Å². The first-order valence-electron chi connectivity index (χ1n) is 3.66. The number of fused-ring (bicyclic) bond motifs is 1. The van der Waals surface area contributed by atoms with Crippen molar-refractivity contribution in [2.45, 2.75) is 18.9 Å². The predicted octanol–water partition coefficient (Wildman–Crippen LogP) is 0.693. The van der Waals surface area contributed by atoms with Gasteiger partial charge in [0, 0.05) is 19.0 Å². The lowest BCUT2D eigenvalue weighted by Crippen LogP contribution is -2.30. The number of nitrogens with one attached hydrogen (secondary N) is 1. The normalized spacial score (nSPS) is 28.9. The molecular formula is C8H9NO2. The Hall–Kier alpha value is -1.09. The lowest BCUT2D eigenvalue weighted by Gasteiger charge is -2.24. The molecule has 2 rings (SSSR count). The van der Waals surface area contributed by atoms with Crippen LogP contribution in [0.15, 0.2) is 23.9 Å². The van der Waals surface area contributed by atoms with Crippen molar-refractivity contribution in [2.24, 2.45) is 0 Å². The largest absolute Gasteiger partial charge is 0.299 e. The van der Waals surface area contributed by atoms with Crippen molar-refractivity contribution < 1.29 is 9.63 Å². The molecule has 1 heterocycles. The molecule has 1 unspecified atom stereocenters. The van der Waals surface area contributed by atoms with Gasteiger partial charge in [-0.3, -0.25) is 15.1 Å². The van der Waals surface area contributed by atoms with Crippen LogP contribution in [-0.4, -0.2) is 11.9 Å². The van der Waals surface area contributed by atoms with Gasteiger partial charge in [0.1, 0.15) is 11.9 Å². The fourth-order valence-corrected chi connectivity index (χ4v) is 1.31. The molecule has 0 aromatic carbocycles. The summed E-state index contributed by atoms with van der Waals surface area (Å²) in [4.78, 5) is 16.1. The molecule has 0 amide bonds. The minimum absolute atomic E-state index is 0.0544. The van der Waals surface area contributed by atoms with E-state index in [-0.39, 0.29) is 11.9 Å². The van der Waals surface area contributed by atoms with Gasteiger partial charge in [-0.25, -0.2) is 0 Å². The van der Waals surface area contributed by atoms with E-state index in [0.29, 0.717) is 12.8 Å². The van der Waals surface area contributed by atoms with E-state index in [4.69, 9.17) is 4.84 Å². The number of hydroxylamine groups is 1. The van der Waals surface area contributed by atoms with E-state index >= 15 is 0 Å². The summed E-state index contributed by atoms with van der Waals surface area (Å²) < 4.78 is 0. The summed E-state index contributed by atoms with van der Waals surface area (Å²) in [6.45, 7) is 0. The number of carbonyl (C=O) groups excluding carboxylic acids is 1. The van der Waals surface area contributed by atoms with Gasteiger partial charge < -0.3 is 0 Å². The van der Waals surface area contributed by atoms with E-state index < -0.39 is 0 Å². The molecule has 0 saturated heterocycles. The maximum atomic E-state index is 10.9. The molecule has 1 aliphatic heterocycles. The number of ketones is 1. The fourth-order valence-electron chi connectivity index (χ4n) is 1.31. The summed E-state index contributed by atoms with van der Waals surface area (Å²) in [7, 11) is 0. The average Bonchev–Trinajstić information content (AvgIpc) is 2.04. The van der Waals surface area contributed by atoms with Gasteiger partial charge in [0.2, 0.25) is 0 Å². The van der Waals surface area contributed by atoms with Gasteiger partial charge in [-0.05, 0) is 11.6 Å². The van der Waals surface area contributed by atoms with E-state index in [1.165, 1.54) is 0 Å². The number of carbonyl (C=O) groups is 1. The van der Waals surface area contributed by atoms with Crippen LogP contribution in [0.2, 0.25) is 0 Å². The van der Waals surface area contributed by atoms with Gasteiger partial charge in [-0.1, -0.05) is 6.08 Å². The van der Waals surface area contributed by atoms with Crippen molar-refractivity contribution in [1.29, 1.82) is 0 Å². The highest BCUT2D eigenvalue weighted by Gasteiger charge is 2.23. The van der Waals surface area contributed by atoms with Crippen LogP contribution in [-0.2, 0) is 9.63 Å². The smallest absolute Gasteiger partial charge is 0.139 e. The molecule has 3 heteroatoms. The van der Waals surface area contributed by atoms with Crippen LogP contribution < -0.4 is 5.48 Å². The third-order valence-corrected chi connectivity index (χ3v) is 1.90. The molecule has 3 nitrogen and oxygen atoms in total. The second-order valence-electron chi connectivity index (χ2n) is 2.71. The molecule has 0 aromatic heterocycles. The fraction of sp³-hybridized carbons (Fsp3) is 0.375. The van der Waals surface area contributed by atoms with Crippen molar-refractivity contribution >= 4 is 5.78 Å². The highest BCUT2D eigenvalue weighted by Crippen LogP contribution is 2.21. The minimum Gasteiger partial charge on any atom is -0.299 e. The van der Waals surface area contributed by atoms with Crippen molar-refractivity contribution in [3.05, 3.63) is 23.9 Å². The van der Waals surface area contributed by atoms with Gasteiger partial charge in [-0.2, -0.15) is 0 Å². The molecule has 1 N–H and O–H groups in total. The molecule has 11 heavy (non-hydrogen) atoms. The predicted molar refractivity (Wildman–Crippen MR) is 39.5 cm³/mol. The first-order chi connectivity index (χ1) is 5.36. The molecule has 0 spiro atoms. The summed E-state index contributed by atoms with van der Waals surface area (Å²) in [5.74, 6) is 0.246. The van der Waals surface area contributed by atoms with Crippen LogP contribution in [0, 0.1) is 0 Å². The highest BCUT2D eigenvalue weighted by molar-refractivity contribution is 5.82. The van der Waals surface area contributed by atoms with Crippen LogP contribution in [0.5, 0.6) is 0 Å². The standard InChI is InChI=1S/C8H9NO2/c10-7-2-1-6-3-4-9-11-8(6)5-7/h1,3-4,8-9H,2,5H2. The Morgan fingerprint density at radius 2 is 2.55 bits per heavy atom. The molecule has 1 aliphatic carbocycles. The Kier molecular flexibility index (Phi) is 1.51. The topological polar surface area (TPSA) is 38.3 Å². The molecule has 58 valence electrons. The number of rotatable bonds is 0. The van der Waals surface area contributed by atoms with Crippen LogP contribution >= 0.6 is 0 Å². The highest BCUT2D eigenvalue weighted by atomic mass is 16.7. The first kappa shape index (κ1) is 6.61. The van der Waals surface area contributed by atoms with Gasteiger partial charge in [0.25, 0.3) is 0 Å². The Morgan fingerprint density at radius 3 is 3.45 bits per heavy atom. The molecular weight excluding hydrogens is 142 g/mol. The van der Waals surface area contributed by atoms with E-state index in [2.05, 4.69) is 5.48 Å². The second-order valence-corrected chi connectivity index (χ2v) is 2.71. The SMILES string of the molecule is O=C1CC=C2C=CNOC2C1. The number of allylic oxidation sites excluding steroid dienone is 1. The van der Waals surface area contributed by atoms with E-state index in [1.54, 1.807) is 6.20 Å². The number of Topliss-reactive ketones (excluding diaryl/α,β-unsaturated/α-hetero) is 1. The Bertz CT molecular complexity index is 242. The summed E-state index contributed by atoms with van der Waals surface area (Å²) in [5.41, 5.74) is 3.75. The Morgan fingerprint density at radius 1 is 1.64 bits per heavy atom. The van der Waals surface area contributed by atoms with Gasteiger partial charge >= 0.3 is 0 Å². The van der Waals surface area contributed by atoms with Crippen LogP contribution in [0.1, 0.15) is 12.8 Å². The van der Waals surface area contributed by atoms with Gasteiger partial charge in [-0.15, -0.1) is 0 Å². The molecule has 1 atom stereocenters. The van der Waals surface area contributed by atoms with Crippen LogP contribution in [0.3, 0.4) is 0 Å². The maximum Gasteiger partial charge on any atom is 0.139 e. The lowest BCUT2D eigenvalue weighted by molar-refractivity contribution is -0.122. The number of hydrogen-bond acceptors (Lipinski definition) is 3. The zero-order valence-electron chi connectivity index (χ0n) is 6.04. The summed E-state index contributed by atoms with van der Waals surface area (Å²) in [6, 6.07) is 0.